The van der Waals surface area contributed by atoms with Crippen LogP contribution in [0.2, 0.25) is 0 Å². The molecular weight excluding hydrogens is 374 g/mol. The molecule has 1 nitrogen and oxygen atoms in total. The fourth-order valence-electron chi connectivity index (χ4n) is 3.66. The Kier molecular flexibility index (Phi) is 18.7. The third-order valence-corrected chi connectivity index (χ3v) is 5.68. The predicted octanol–water partition coefficient (Wildman–Crippen LogP) is 9.01. The van der Waals surface area contributed by atoms with Gasteiger partial charge in [0, 0.05) is 12.1 Å². The molecule has 0 radical (unpaired) electrons. The summed E-state index contributed by atoms with van der Waals surface area (Å²) in [4.78, 5) is 0. The Morgan fingerprint density at radius 2 is 1.24 bits per heavy atom. The first-order valence-corrected chi connectivity index (χ1v) is 12.1. The number of unbranched alkanes of at least 4 members (excludes halogenated alkanes) is 11. The van der Waals surface area contributed by atoms with Gasteiger partial charge < -0.3 is 5.32 Å². The summed E-state index contributed by atoms with van der Waals surface area (Å²) >= 11 is 0. The Labute approximate surface area is 188 Å². The van der Waals surface area contributed by atoms with Gasteiger partial charge in [-0.25, -0.2) is 0 Å². The summed E-state index contributed by atoms with van der Waals surface area (Å²) in [6.07, 6.45) is 23.9. The number of halogens is 1. The van der Waals surface area contributed by atoms with E-state index in [0.717, 1.165) is 6.54 Å². The molecule has 0 bridgehead atoms. The summed E-state index contributed by atoms with van der Waals surface area (Å²) in [6.45, 7) is 7.93. The number of benzene rings is 1. The fraction of sp³-hybridized carbons (Fsp3) is 0.704. The second kappa shape index (κ2) is 19.2. The van der Waals surface area contributed by atoms with Crippen LogP contribution in [0.4, 0.5) is 0 Å². The summed E-state index contributed by atoms with van der Waals surface area (Å²) in [5, 5.41) is 3.72. The van der Waals surface area contributed by atoms with Gasteiger partial charge in [0.05, 0.1) is 0 Å². The first-order chi connectivity index (χ1) is 13.6. The summed E-state index contributed by atoms with van der Waals surface area (Å²) in [7, 11) is 0. The van der Waals surface area contributed by atoms with Crippen LogP contribution in [-0.2, 0) is 6.54 Å². The van der Waals surface area contributed by atoms with E-state index < -0.39 is 0 Å². The smallest absolute Gasteiger partial charge is 0.0210 e. The van der Waals surface area contributed by atoms with Gasteiger partial charge in [-0.15, -0.1) is 12.4 Å². The molecule has 1 aromatic rings. The summed E-state index contributed by atoms with van der Waals surface area (Å²) in [5.41, 5.74) is 1.61. The summed E-state index contributed by atoms with van der Waals surface area (Å²) in [6, 6.07) is 10.7. The lowest BCUT2D eigenvalue weighted by molar-refractivity contribution is 0.345. The van der Waals surface area contributed by atoms with Crippen molar-refractivity contribution in [3.05, 3.63) is 48.0 Å². The van der Waals surface area contributed by atoms with Crippen LogP contribution in [0.25, 0.3) is 0 Å². The molecule has 0 amide bonds. The SMILES string of the molecule is CCCCCCCC/C=C\CCCCCCCC(C)(C)NCc1ccccc1.Cl. The topological polar surface area (TPSA) is 12.0 Å². The molecule has 168 valence electrons. The first kappa shape index (κ1) is 28.2. The average Bonchev–Trinajstić information content (AvgIpc) is 2.70. The van der Waals surface area contributed by atoms with Crippen molar-refractivity contribution in [1.82, 2.24) is 5.32 Å². The van der Waals surface area contributed by atoms with Gasteiger partial charge in [-0.3, -0.25) is 0 Å². The van der Waals surface area contributed by atoms with Gasteiger partial charge >= 0.3 is 0 Å². The molecule has 0 heterocycles. The third-order valence-electron chi connectivity index (χ3n) is 5.68. The van der Waals surface area contributed by atoms with Gasteiger partial charge in [0.1, 0.15) is 0 Å². The maximum atomic E-state index is 3.72. The quantitative estimate of drug-likeness (QED) is 0.184. The molecule has 1 rings (SSSR count). The van der Waals surface area contributed by atoms with E-state index in [1.807, 2.05) is 0 Å². The minimum atomic E-state index is 0. The predicted molar refractivity (Wildman–Crippen MR) is 134 cm³/mol. The Morgan fingerprint density at radius 3 is 1.83 bits per heavy atom. The molecule has 0 fully saturated rings. The zero-order valence-electron chi connectivity index (χ0n) is 19.6. The molecular formula is C27H48ClN. The monoisotopic (exact) mass is 421 g/mol. The highest BCUT2D eigenvalue weighted by molar-refractivity contribution is 5.85. The van der Waals surface area contributed by atoms with Crippen LogP contribution in [0.5, 0.6) is 0 Å². The molecule has 0 aliphatic carbocycles. The zero-order valence-corrected chi connectivity index (χ0v) is 20.4. The normalized spacial score (nSPS) is 11.7. The van der Waals surface area contributed by atoms with Crippen molar-refractivity contribution < 1.29 is 0 Å². The Hall–Kier alpha value is -0.790. The van der Waals surface area contributed by atoms with Gasteiger partial charge in [0.15, 0.2) is 0 Å². The molecule has 0 aliphatic heterocycles. The number of allylic oxidation sites excluding steroid dienone is 2. The highest BCUT2D eigenvalue weighted by Gasteiger charge is 2.15. The van der Waals surface area contributed by atoms with E-state index in [2.05, 4.69) is 68.6 Å². The van der Waals surface area contributed by atoms with E-state index in [1.165, 1.54) is 95.5 Å². The van der Waals surface area contributed by atoms with E-state index in [-0.39, 0.29) is 17.9 Å². The highest BCUT2D eigenvalue weighted by atomic mass is 35.5. The molecule has 0 unspecified atom stereocenters. The summed E-state index contributed by atoms with van der Waals surface area (Å²) in [5.74, 6) is 0. The molecule has 1 N–H and O–H groups in total. The van der Waals surface area contributed by atoms with E-state index >= 15 is 0 Å². The van der Waals surface area contributed by atoms with Crippen LogP contribution in [0, 0.1) is 0 Å². The lowest BCUT2D eigenvalue weighted by atomic mass is 9.95. The molecule has 0 aromatic heterocycles. The van der Waals surface area contributed by atoms with Crippen LogP contribution in [0.3, 0.4) is 0 Å². The van der Waals surface area contributed by atoms with Crippen molar-refractivity contribution in [2.24, 2.45) is 0 Å². The molecule has 29 heavy (non-hydrogen) atoms. The Balaban J connectivity index is 0.00000784. The van der Waals surface area contributed by atoms with Gasteiger partial charge in [-0.1, -0.05) is 107 Å². The summed E-state index contributed by atoms with van der Waals surface area (Å²) < 4.78 is 0. The van der Waals surface area contributed by atoms with Gasteiger partial charge in [0.2, 0.25) is 0 Å². The van der Waals surface area contributed by atoms with Crippen molar-refractivity contribution >= 4 is 12.4 Å². The minimum Gasteiger partial charge on any atom is -0.308 e. The average molecular weight is 422 g/mol. The van der Waals surface area contributed by atoms with Gasteiger partial charge in [-0.05, 0) is 51.5 Å². The van der Waals surface area contributed by atoms with Gasteiger partial charge in [0.25, 0.3) is 0 Å². The Morgan fingerprint density at radius 1 is 0.724 bits per heavy atom. The van der Waals surface area contributed by atoms with Crippen molar-refractivity contribution in [2.45, 2.75) is 123 Å². The number of hydrogen-bond donors (Lipinski definition) is 1. The maximum absolute atomic E-state index is 3.72. The zero-order chi connectivity index (χ0) is 20.3. The van der Waals surface area contributed by atoms with Crippen LogP contribution in [-0.4, -0.2) is 5.54 Å². The van der Waals surface area contributed by atoms with Crippen molar-refractivity contribution in [2.75, 3.05) is 0 Å². The van der Waals surface area contributed by atoms with Gasteiger partial charge in [-0.2, -0.15) is 0 Å². The molecule has 0 saturated heterocycles. The number of nitrogens with one attached hydrogen (secondary N) is 1. The molecule has 0 atom stereocenters. The fourth-order valence-corrected chi connectivity index (χ4v) is 3.66. The maximum Gasteiger partial charge on any atom is 0.0210 e. The lowest BCUT2D eigenvalue weighted by Crippen LogP contribution is -2.38. The van der Waals surface area contributed by atoms with Crippen LogP contribution >= 0.6 is 12.4 Å². The highest BCUT2D eigenvalue weighted by Crippen LogP contribution is 2.16. The van der Waals surface area contributed by atoms with E-state index in [0.29, 0.717) is 0 Å². The number of rotatable bonds is 18. The first-order valence-electron chi connectivity index (χ1n) is 12.1. The molecule has 2 heteroatoms. The largest absolute Gasteiger partial charge is 0.308 e. The standard InChI is InChI=1S/C27H47N.ClH/c1-4-5-6-7-8-9-10-11-12-13-14-15-16-17-21-24-27(2,3)28-25-26-22-19-18-20-23-26;/h11-12,18-20,22-23,28H,4-10,13-17,21,24-25H2,1-3H3;1H/b12-11-;. The van der Waals surface area contributed by atoms with Crippen LogP contribution < -0.4 is 5.32 Å². The molecule has 0 aliphatic rings. The van der Waals surface area contributed by atoms with Crippen molar-refractivity contribution in [1.29, 1.82) is 0 Å². The number of hydrogen-bond acceptors (Lipinski definition) is 1. The second-order valence-electron chi connectivity index (χ2n) is 9.06. The van der Waals surface area contributed by atoms with Crippen molar-refractivity contribution in [3.63, 3.8) is 0 Å². The molecule has 1 aromatic carbocycles. The minimum absolute atomic E-state index is 0. The van der Waals surface area contributed by atoms with E-state index in [1.54, 1.807) is 0 Å². The van der Waals surface area contributed by atoms with Crippen LogP contribution in [0.1, 0.15) is 116 Å². The third kappa shape index (κ3) is 17.8. The second-order valence-corrected chi connectivity index (χ2v) is 9.06. The van der Waals surface area contributed by atoms with Crippen molar-refractivity contribution in [3.8, 4) is 0 Å². The van der Waals surface area contributed by atoms with E-state index in [4.69, 9.17) is 0 Å². The Bertz CT molecular complexity index is 481. The molecule has 0 spiro atoms. The van der Waals surface area contributed by atoms with E-state index in [9.17, 15) is 0 Å². The molecule has 0 saturated carbocycles. The lowest BCUT2D eigenvalue weighted by Gasteiger charge is -2.26. The van der Waals surface area contributed by atoms with Crippen LogP contribution in [0.15, 0.2) is 42.5 Å².